The van der Waals surface area contributed by atoms with E-state index in [1.807, 2.05) is 0 Å². The maximum Gasteiger partial charge on any atom is 0.471 e. The highest BCUT2D eigenvalue weighted by Crippen LogP contribution is 2.32. The molecular formula is C14H16F3N3O6. The summed E-state index contributed by atoms with van der Waals surface area (Å²) in [5, 5.41) is 23.0. The van der Waals surface area contributed by atoms with Crippen molar-refractivity contribution in [3.05, 3.63) is 17.4 Å². The molecule has 26 heavy (non-hydrogen) atoms. The summed E-state index contributed by atoms with van der Waals surface area (Å²) in [5.74, 6) is -1.99. The van der Waals surface area contributed by atoms with Crippen LogP contribution < -0.4 is 10.6 Å². The van der Waals surface area contributed by atoms with Gasteiger partial charge in [-0.25, -0.2) is 4.79 Å². The summed E-state index contributed by atoms with van der Waals surface area (Å²) in [4.78, 5) is 24.3. The number of anilines is 1. The zero-order valence-electron chi connectivity index (χ0n) is 13.2. The molecule has 0 spiro atoms. The van der Waals surface area contributed by atoms with Crippen molar-refractivity contribution < 1.29 is 42.1 Å². The molecule has 12 heteroatoms. The molecule has 3 heterocycles. The maximum absolute atomic E-state index is 12.2. The fraction of sp³-hybridized carbons (Fsp3) is 0.571. The number of furan rings is 1. The first kappa shape index (κ1) is 18.5. The highest BCUT2D eigenvalue weighted by molar-refractivity contribution is 5.91. The molecular weight excluding hydrogens is 363 g/mol. The van der Waals surface area contributed by atoms with Crippen LogP contribution in [-0.4, -0.2) is 58.3 Å². The lowest BCUT2D eigenvalue weighted by molar-refractivity contribution is -0.173. The molecule has 3 amide bonds. The van der Waals surface area contributed by atoms with E-state index < -0.39 is 49.7 Å². The van der Waals surface area contributed by atoms with Crippen LogP contribution in [0.4, 0.5) is 23.8 Å². The number of aliphatic hydroxyl groups excluding tert-OH is 2. The molecule has 0 unspecified atom stereocenters. The minimum Gasteiger partial charge on any atom is -0.443 e. The highest BCUT2D eigenvalue weighted by Gasteiger charge is 2.41. The Morgan fingerprint density at radius 1 is 1.46 bits per heavy atom. The largest absolute Gasteiger partial charge is 0.471 e. The van der Waals surface area contributed by atoms with Crippen molar-refractivity contribution in [1.29, 1.82) is 0 Å². The normalized spacial score (nSPS) is 25.8. The minimum absolute atomic E-state index is 0.0351. The molecule has 4 N–H and O–H groups in total. The Kier molecular flexibility index (Phi) is 4.82. The van der Waals surface area contributed by atoms with Crippen molar-refractivity contribution in [3.63, 3.8) is 0 Å². The van der Waals surface area contributed by atoms with Crippen molar-refractivity contribution in [3.8, 4) is 0 Å². The average Bonchev–Trinajstić information content (AvgIpc) is 3.13. The number of halogens is 3. The van der Waals surface area contributed by atoms with Gasteiger partial charge in [0, 0.05) is 12.0 Å². The van der Waals surface area contributed by atoms with Gasteiger partial charge in [-0.05, 0) is 6.07 Å². The van der Waals surface area contributed by atoms with E-state index in [1.165, 1.54) is 11.0 Å². The molecule has 9 nitrogen and oxygen atoms in total. The smallest absolute Gasteiger partial charge is 0.443 e. The minimum atomic E-state index is -5.00. The Morgan fingerprint density at radius 3 is 2.81 bits per heavy atom. The molecule has 1 aromatic heterocycles. The monoisotopic (exact) mass is 379 g/mol. The first-order valence-electron chi connectivity index (χ1n) is 7.67. The van der Waals surface area contributed by atoms with E-state index in [4.69, 9.17) is 14.3 Å². The van der Waals surface area contributed by atoms with Gasteiger partial charge in [-0.15, -0.1) is 0 Å². The van der Waals surface area contributed by atoms with E-state index in [2.05, 4.69) is 5.32 Å². The fourth-order valence-electron chi connectivity index (χ4n) is 2.79. The molecule has 0 aromatic carbocycles. The third-order valence-corrected chi connectivity index (χ3v) is 4.09. The van der Waals surface area contributed by atoms with Gasteiger partial charge in [0.15, 0.2) is 0 Å². The van der Waals surface area contributed by atoms with Crippen LogP contribution in [0.15, 0.2) is 10.5 Å². The highest BCUT2D eigenvalue weighted by atomic mass is 19.4. The zero-order valence-corrected chi connectivity index (χ0v) is 13.2. The number of hydrogen-bond donors (Lipinski definition) is 4. The van der Waals surface area contributed by atoms with Gasteiger partial charge in [0.1, 0.15) is 18.1 Å². The first-order chi connectivity index (χ1) is 12.2. The lowest BCUT2D eigenvalue weighted by Gasteiger charge is -2.31. The van der Waals surface area contributed by atoms with Crippen molar-refractivity contribution in [2.75, 3.05) is 11.9 Å². The molecule has 2 aliphatic heterocycles. The molecule has 3 rings (SSSR count). The van der Waals surface area contributed by atoms with Crippen LogP contribution in [0.2, 0.25) is 0 Å². The fourth-order valence-corrected chi connectivity index (χ4v) is 2.79. The third-order valence-electron chi connectivity index (χ3n) is 4.09. The van der Waals surface area contributed by atoms with Gasteiger partial charge in [0.05, 0.1) is 25.8 Å². The zero-order chi connectivity index (χ0) is 19.1. The van der Waals surface area contributed by atoms with Gasteiger partial charge in [-0.3, -0.25) is 15.0 Å². The van der Waals surface area contributed by atoms with Crippen LogP contribution in [0.3, 0.4) is 0 Å². The number of hydrogen-bond acceptors (Lipinski definition) is 6. The average molecular weight is 379 g/mol. The quantitative estimate of drug-likeness (QED) is 0.596. The number of carbonyl (C=O) groups is 2. The molecule has 0 saturated carbocycles. The van der Waals surface area contributed by atoms with Crippen molar-refractivity contribution in [1.82, 2.24) is 10.2 Å². The summed E-state index contributed by atoms with van der Waals surface area (Å²) in [6.07, 6.45) is -7.37. The number of fused-ring (bicyclic) bond motifs is 1. The number of urea groups is 1. The molecule has 1 aromatic rings. The number of nitrogens with one attached hydrogen (secondary N) is 2. The molecule has 1 saturated heterocycles. The Morgan fingerprint density at radius 2 is 2.19 bits per heavy atom. The summed E-state index contributed by atoms with van der Waals surface area (Å²) >= 11 is 0. The first-order valence-corrected chi connectivity index (χ1v) is 7.67. The van der Waals surface area contributed by atoms with E-state index in [-0.39, 0.29) is 24.6 Å². The Labute approximate surface area is 144 Å². The SMILES string of the molecule is O=C1Nc2oc(CNC(=O)C(F)(F)F)cc2CN1[C@H]1C[C@H](O)[C@@H](CO)O1. The standard InChI is InChI=1S/C14H16F3N3O6/c15-14(16,17)12(23)18-3-7-1-6-4-20(13(24)19-11(6)25-7)10-2-8(22)9(5-21)26-10/h1,8-10,21-22H,2-5H2,(H,18,23)(H,19,24)/t8-,9+,10+/m0/s1. The van der Waals surface area contributed by atoms with Crippen molar-refractivity contribution >= 4 is 17.8 Å². The van der Waals surface area contributed by atoms with Crippen LogP contribution >= 0.6 is 0 Å². The molecule has 0 radical (unpaired) electrons. The second kappa shape index (κ2) is 6.78. The number of aliphatic hydroxyl groups is 2. The molecule has 144 valence electrons. The van der Waals surface area contributed by atoms with Crippen LogP contribution in [0.5, 0.6) is 0 Å². The van der Waals surface area contributed by atoms with Gasteiger partial charge in [0.2, 0.25) is 5.88 Å². The Balaban J connectivity index is 1.66. The van der Waals surface area contributed by atoms with E-state index in [9.17, 15) is 27.9 Å². The summed E-state index contributed by atoms with van der Waals surface area (Å²) in [6, 6.07) is 0.835. The molecule has 2 aliphatic rings. The van der Waals surface area contributed by atoms with Gasteiger partial charge >= 0.3 is 18.1 Å². The number of ether oxygens (including phenoxy) is 1. The molecule has 0 aliphatic carbocycles. The van der Waals surface area contributed by atoms with E-state index in [0.29, 0.717) is 5.56 Å². The second-order valence-electron chi connectivity index (χ2n) is 5.92. The summed E-state index contributed by atoms with van der Waals surface area (Å²) in [5.41, 5.74) is 0.478. The molecule has 3 atom stereocenters. The van der Waals surface area contributed by atoms with E-state index in [1.54, 1.807) is 5.32 Å². The summed E-state index contributed by atoms with van der Waals surface area (Å²) in [6.45, 7) is -0.854. The van der Waals surface area contributed by atoms with Gasteiger partial charge in [-0.1, -0.05) is 0 Å². The lowest BCUT2D eigenvalue weighted by Crippen LogP contribution is -2.45. The number of amides is 3. The summed E-state index contributed by atoms with van der Waals surface area (Å²) < 4.78 is 47.2. The number of carbonyl (C=O) groups excluding carboxylic acids is 2. The van der Waals surface area contributed by atoms with Gasteiger partial charge < -0.3 is 24.7 Å². The van der Waals surface area contributed by atoms with E-state index >= 15 is 0 Å². The summed E-state index contributed by atoms with van der Waals surface area (Å²) in [7, 11) is 0. The van der Waals surface area contributed by atoms with Crippen LogP contribution in [0.25, 0.3) is 0 Å². The molecule has 1 fully saturated rings. The van der Waals surface area contributed by atoms with Gasteiger partial charge in [-0.2, -0.15) is 13.2 Å². The topological polar surface area (TPSA) is 124 Å². The predicted octanol–water partition coefficient (Wildman–Crippen LogP) is 0.274. The lowest BCUT2D eigenvalue weighted by atomic mass is 10.1. The third kappa shape index (κ3) is 3.61. The number of alkyl halides is 3. The van der Waals surface area contributed by atoms with Crippen molar-refractivity contribution in [2.45, 2.75) is 44.1 Å². The predicted molar refractivity (Wildman–Crippen MR) is 77.5 cm³/mol. The van der Waals surface area contributed by atoms with Crippen molar-refractivity contribution in [2.24, 2.45) is 0 Å². The maximum atomic E-state index is 12.2. The van der Waals surface area contributed by atoms with Crippen LogP contribution in [-0.2, 0) is 22.6 Å². The molecule has 0 bridgehead atoms. The van der Waals surface area contributed by atoms with Crippen LogP contribution in [0, 0.1) is 0 Å². The van der Waals surface area contributed by atoms with Crippen LogP contribution in [0.1, 0.15) is 17.7 Å². The number of rotatable bonds is 4. The second-order valence-corrected chi connectivity index (χ2v) is 5.92. The Hall–Kier alpha value is -2.31. The Bertz CT molecular complexity index is 707. The van der Waals surface area contributed by atoms with Gasteiger partial charge in [0.25, 0.3) is 0 Å². The number of nitrogens with zero attached hydrogens (tertiary/aromatic N) is 1. The van der Waals surface area contributed by atoms with E-state index in [0.717, 1.165) is 0 Å².